The number of sulfonamides is 1. The molecule has 1 aliphatic rings. The Kier molecular flexibility index (Phi) is 10.3. The fourth-order valence-electron chi connectivity index (χ4n) is 4.79. The van der Waals surface area contributed by atoms with Gasteiger partial charge in [0.2, 0.25) is 21.8 Å². The Morgan fingerprint density at radius 3 is 2.22 bits per heavy atom. The molecule has 1 fully saturated rings. The second-order valence-electron chi connectivity index (χ2n) is 9.39. The van der Waals surface area contributed by atoms with Crippen LogP contribution >= 0.6 is 23.2 Å². The van der Waals surface area contributed by atoms with Crippen LogP contribution in [0.15, 0.2) is 42.5 Å². The van der Waals surface area contributed by atoms with Crippen LogP contribution in [0.3, 0.4) is 0 Å². The lowest BCUT2D eigenvalue weighted by molar-refractivity contribution is -0.140. The molecule has 0 spiro atoms. The van der Waals surface area contributed by atoms with Gasteiger partial charge >= 0.3 is 0 Å². The molecule has 7 nitrogen and oxygen atoms in total. The van der Waals surface area contributed by atoms with Crippen molar-refractivity contribution in [2.24, 2.45) is 0 Å². The molecule has 37 heavy (non-hydrogen) atoms. The quantitative estimate of drug-likeness (QED) is 0.405. The Morgan fingerprint density at radius 1 is 1.03 bits per heavy atom. The third kappa shape index (κ3) is 7.39. The minimum Gasteiger partial charge on any atom is -0.352 e. The normalized spacial score (nSPS) is 14.8. The molecule has 0 radical (unpaired) electrons. The number of benzene rings is 2. The average Bonchev–Trinajstić information content (AvgIpc) is 3.36. The van der Waals surface area contributed by atoms with E-state index in [-0.39, 0.29) is 18.5 Å². The van der Waals surface area contributed by atoms with Crippen LogP contribution in [0.4, 0.5) is 5.69 Å². The van der Waals surface area contributed by atoms with Gasteiger partial charge in [-0.15, -0.1) is 0 Å². The molecule has 0 aliphatic heterocycles. The summed E-state index contributed by atoms with van der Waals surface area (Å²) in [5.74, 6) is -0.772. The maximum absolute atomic E-state index is 13.9. The summed E-state index contributed by atoms with van der Waals surface area (Å²) in [7, 11) is -3.81. The molecule has 202 valence electrons. The van der Waals surface area contributed by atoms with Gasteiger partial charge in [-0.25, -0.2) is 8.42 Å². The molecular weight excluding hydrogens is 533 g/mol. The van der Waals surface area contributed by atoms with Gasteiger partial charge in [-0.05, 0) is 49.4 Å². The Morgan fingerprint density at radius 2 is 1.65 bits per heavy atom. The van der Waals surface area contributed by atoms with Gasteiger partial charge in [-0.2, -0.15) is 0 Å². The zero-order chi connectivity index (χ0) is 27.2. The largest absolute Gasteiger partial charge is 0.352 e. The van der Waals surface area contributed by atoms with Gasteiger partial charge in [0.25, 0.3) is 0 Å². The van der Waals surface area contributed by atoms with Gasteiger partial charge in [0.1, 0.15) is 12.6 Å². The van der Waals surface area contributed by atoms with Crippen molar-refractivity contribution in [2.45, 2.75) is 71.0 Å². The minimum atomic E-state index is -3.81. The number of carbonyl (C=O) groups excluding carboxylic acids is 2. The zero-order valence-corrected chi connectivity index (χ0v) is 23.9. The van der Waals surface area contributed by atoms with Crippen molar-refractivity contribution < 1.29 is 18.0 Å². The lowest BCUT2D eigenvalue weighted by Crippen LogP contribution is -2.53. The fourth-order valence-corrected chi connectivity index (χ4v) is 6.19. The summed E-state index contributed by atoms with van der Waals surface area (Å²) < 4.78 is 26.8. The van der Waals surface area contributed by atoms with Gasteiger partial charge in [0, 0.05) is 28.2 Å². The number of hydrogen-bond acceptors (Lipinski definition) is 4. The summed E-state index contributed by atoms with van der Waals surface area (Å²) >= 11 is 12.9. The molecule has 0 unspecified atom stereocenters. The zero-order valence-electron chi connectivity index (χ0n) is 21.5. The predicted molar refractivity (Wildman–Crippen MR) is 149 cm³/mol. The van der Waals surface area contributed by atoms with Crippen molar-refractivity contribution >= 4 is 50.7 Å². The van der Waals surface area contributed by atoms with Gasteiger partial charge in [-0.3, -0.25) is 13.9 Å². The third-order valence-corrected chi connectivity index (χ3v) is 8.63. The summed E-state index contributed by atoms with van der Waals surface area (Å²) in [6.45, 7) is 3.27. The molecule has 2 aromatic rings. The molecule has 2 amide bonds. The monoisotopic (exact) mass is 567 g/mol. The Hall–Kier alpha value is -2.29. The number of amides is 2. The number of anilines is 1. The van der Waals surface area contributed by atoms with E-state index in [1.165, 1.54) is 4.90 Å². The van der Waals surface area contributed by atoms with Crippen LogP contribution in [0.1, 0.15) is 57.1 Å². The van der Waals surface area contributed by atoms with Crippen molar-refractivity contribution in [2.75, 3.05) is 17.1 Å². The number of aryl methyl sites for hydroxylation is 1. The molecule has 0 aromatic heterocycles. The van der Waals surface area contributed by atoms with Gasteiger partial charge < -0.3 is 10.2 Å². The molecule has 10 heteroatoms. The van der Waals surface area contributed by atoms with E-state index in [2.05, 4.69) is 5.32 Å². The van der Waals surface area contributed by atoms with Crippen LogP contribution in [0.5, 0.6) is 0 Å². The molecule has 0 heterocycles. The number of halogens is 2. The van der Waals surface area contributed by atoms with Gasteiger partial charge in [-0.1, -0.05) is 74.2 Å². The van der Waals surface area contributed by atoms with Crippen LogP contribution in [-0.4, -0.2) is 50.0 Å². The lowest BCUT2D eigenvalue weighted by Gasteiger charge is -2.34. The summed E-state index contributed by atoms with van der Waals surface area (Å²) in [4.78, 5) is 28.7. The first kappa shape index (κ1) is 29.3. The number of nitrogens with zero attached hydrogens (tertiary/aromatic N) is 2. The molecule has 3 rings (SSSR count). The van der Waals surface area contributed by atoms with E-state index in [0.717, 1.165) is 41.8 Å². The van der Waals surface area contributed by atoms with Crippen molar-refractivity contribution in [1.29, 1.82) is 0 Å². The van der Waals surface area contributed by atoms with E-state index in [0.29, 0.717) is 34.1 Å². The highest BCUT2D eigenvalue weighted by atomic mass is 35.5. The predicted octanol–water partition coefficient (Wildman–Crippen LogP) is 5.19. The summed E-state index contributed by atoms with van der Waals surface area (Å²) in [6, 6.07) is 11.4. The fraction of sp³-hybridized carbons (Fsp3) is 0.481. The second kappa shape index (κ2) is 13.0. The highest BCUT2D eigenvalue weighted by Crippen LogP contribution is 2.29. The molecule has 1 N–H and O–H groups in total. The molecule has 2 aromatic carbocycles. The first-order valence-corrected chi connectivity index (χ1v) is 15.3. The number of hydrogen-bond donors (Lipinski definition) is 1. The van der Waals surface area contributed by atoms with Crippen molar-refractivity contribution in [3.05, 3.63) is 63.6 Å². The SMILES string of the molecule is CCc1ccccc1N(CC(=O)N(Cc1c(Cl)cccc1Cl)[C@H](CC)C(=O)NC1CCCC1)S(C)(=O)=O. The Labute approximate surface area is 230 Å². The van der Waals surface area contributed by atoms with Crippen molar-refractivity contribution in [3.8, 4) is 0 Å². The first-order valence-electron chi connectivity index (χ1n) is 12.6. The molecule has 0 bridgehead atoms. The smallest absolute Gasteiger partial charge is 0.244 e. The van der Waals surface area contributed by atoms with Crippen LogP contribution < -0.4 is 9.62 Å². The van der Waals surface area contributed by atoms with Crippen LogP contribution in [0.25, 0.3) is 0 Å². The van der Waals surface area contributed by atoms with Crippen molar-refractivity contribution in [1.82, 2.24) is 10.2 Å². The number of rotatable bonds is 11. The van der Waals surface area contributed by atoms with E-state index in [9.17, 15) is 18.0 Å². The molecule has 0 saturated heterocycles. The minimum absolute atomic E-state index is 0.0268. The Balaban J connectivity index is 1.99. The third-order valence-electron chi connectivity index (χ3n) is 6.80. The molecule has 1 aliphatic carbocycles. The van der Waals surface area contributed by atoms with Gasteiger partial charge in [0.15, 0.2) is 0 Å². The van der Waals surface area contributed by atoms with Gasteiger partial charge in [0.05, 0.1) is 11.9 Å². The van der Waals surface area contributed by atoms with E-state index >= 15 is 0 Å². The van der Waals surface area contributed by atoms with Crippen LogP contribution in [0.2, 0.25) is 10.0 Å². The second-order valence-corrected chi connectivity index (χ2v) is 12.1. The summed E-state index contributed by atoms with van der Waals surface area (Å²) in [6.07, 6.45) is 5.93. The maximum Gasteiger partial charge on any atom is 0.244 e. The summed E-state index contributed by atoms with van der Waals surface area (Å²) in [5, 5.41) is 3.82. The van der Waals surface area contributed by atoms with E-state index in [4.69, 9.17) is 23.2 Å². The Bertz CT molecular complexity index is 1200. The molecular formula is C27H35Cl2N3O4S. The number of carbonyl (C=O) groups is 2. The molecule has 1 atom stereocenters. The van der Waals surface area contributed by atoms with Crippen LogP contribution in [-0.2, 0) is 32.6 Å². The van der Waals surface area contributed by atoms with E-state index < -0.39 is 28.5 Å². The highest BCUT2D eigenvalue weighted by Gasteiger charge is 2.34. The number of para-hydroxylation sites is 1. The van der Waals surface area contributed by atoms with E-state index in [1.54, 1.807) is 30.3 Å². The summed E-state index contributed by atoms with van der Waals surface area (Å²) in [5.41, 5.74) is 1.75. The number of nitrogens with one attached hydrogen (secondary N) is 1. The average molecular weight is 569 g/mol. The lowest BCUT2D eigenvalue weighted by atomic mass is 10.1. The maximum atomic E-state index is 13.9. The topological polar surface area (TPSA) is 86.8 Å². The van der Waals surface area contributed by atoms with E-state index in [1.807, 2.05) is 26.0 Å². The van der Waals surface area contributed by atoms with Crippen LogP contribution in [0, 0.1) is 0 Å². The standard InChI is InChI=1S/C27H35Cl2N3O4S/c1-4-19-11-6-9-16-25(19)32(37(3,35)36)18-26(33)31(17-21-22(28)14-10-15-23(21)29)24(5-2)27(34)30-20-12-7-8-13-20/h6,9-11,14-16,20,24H,4-5,7-8,12-13,17-18H2,1-3H3,(H,30,34)/t24-/m1/s1. The molecule has 1 saturated carbocycles. The highest BCUT2D eigenvalue weighted by molar-refractivity contribution is 7.92. The van der Waals surface area contributed by atoms with Crippen molar-refractivity contribution in [3.63, 3.8) is 0 Å². The first-order chi connectivity index (χ1) is 17.6.